The summed E-state index contributed by atoms with van der Waals surface area (Å²) in [4.78, 5) is 35.1. The second-order valence-corrected chi connectivity index (χ2v) is 5.16. The maximum Gasteiger partial charge on any atom is 0.422 e. The molecule has 0 saturated heterocycles. The normalized spacial score (nSPS) is 10.8. The molecule has 0 unspecified atom stereocenters. The Kier molecular flexibility index (Phi) is 4.04. The molecule has 6 heteroatoms. The lowest BCUT2D eigenvalue weighted by Gasteiger charge is -2.05. The molecule has 6 nitrogen and oxygen atoms in total. The fourth-order valence-corrected chi connectivity index (χ4v) is 2.69. The summed E-state index contributed by atoms with van der Waals surface area (Å²) in [5, 5.41) is 1.78. The van der Waals surface area contributed by atoms with Crippen LogP contribution in [0.2, 0.25) is 0 Å². The van der Waals surface area contributed by atoms with E-state index in [1.165, 1.54) is 6.92 Å². The summed E-state index contributed by atoms with van der Waals surface area (Å²) in [6.45, 7) is 3.15. The third kappa shape index (κ3) is 2.62. The number of fused-ring (bicyclic) bond motifs is 3. The second-order valence-electron chi connectivity index (χ2n) is 5.16. The summed E-state index contributed by atoms with van der Waals surface area (Å²) >= 11 is 0. The second kappa shape index (κ2) is 6.16. The summed E-state index contributed by atoms with van der Waals surface area (Å²) < 4.78 is 11.2. The highest BCUT2D eigenvalue weighted by Crippen LogP contribution is 2.31. The molecule has 0 fully saturated rings. The number of esters is 2. The highest BCUT2D eigenvalue weighted by molar-refractivity contribution is 6.30. The number of para-hydroxylation sites is 1. The van der Waals surface area contributed by atoms with E-state index in [9.17, 15) is 14.4 Å². The Balaban J connectivity index is 2.09. The van der Waals surface area contributed by atoms with Crippen LogP contribution in [0, 0.1) is 0 Å². The monoisotopic (exact) mass is 325 g/mol. The summed E-state index contributed by atoms with van der Waals surface area (Å²) in [5.41, 5.74) is 1.38. The molecule has 0 atom stereocenters. The predicted molar refractivity (Wildman–Crippen MR) is 88.0 cm³/mol. The fourth-order valence-electron chi connectivity index (χ4n) is 2.69. The van der Waals surface area contributed by atoms with Gasteiger partial charge < -0.3 is 9.47 Å². The Morgan fingerprint density at radius 3 is 2.38 bits per heavy atom. The van der Waals surface area contributed by atoms with E-state index in [4.69, 9.17) is 4.74 Å². The molecule has 122 valence electrons. The molecule has 0 spiro atoms. The molecule has 0 N–H and O–H groups in total. The predicted octanol–water partition coefficient (Wildman–Crippen LogP) is 2.92. The number of carbonyl (C=O) groups excluding carboxylic acids is 3. The number of carbonyl (C=O) groups is 3. The number of nitrogens with zero attached hydrogens (tertiary/aromatic N) is 1. The van der Waals surface area contributed by atoms with Gasteiger partial charge in [0.2, 0.25) is 5.91 Å². The molecule has 24 heavy (non-hydrogen) atoms. The van der Waals surface area contributed by atoms with E-state index in [1.807, 2.05) is 24.3 Å². The van der Waals surface area contributed by atoms with Crippen LogP contribution >= 0.6 is 0 Å². The molecule has 0 saturated carbocycles. The molecule has 0 radical (unpaired) electrons. The first-order chi connectivity index (χ1) is 11.5. The van der Waals surface area contributed by atoms with Crippen LogP contribution in [0.1, 0.15) is 18.6 Å². The van der Waals surface area contributed by atoms with Crippen LogP contribution in [-0.2, 0) is 14.3 Å². The van der Waals surface area contributed by atoms with Gasteiger partial charge in [0.25, 0.3) is 0 Å². The Morgan fingerprint density at radius 2 is 1.67 bits per heavy atom. The Labute approximate surface area is 137 Å². The Morgan fingerprint density at radius 1 is 0.958 bits per heavy atom. The Bertz CT molecular complexity index is 970. The van der Waals surface area contributed by atoms with Crippen molar-refractivity contribution >= 4 is 39.7 Å². The van der Waals surface area contributed by atoms with Crippen molar-refractivity contribution in [2.24, 2.45) is 0 Å². The van der Waals surface area contributed by atoms with E-state index in [1.54, 1.807) is 29.7 Å². The molecule has 1 heterocycles. The topological polar surface area (TPSA) is 74.6 Å². The zero-order chi connectivity index (χ0) is 17.3. The van der Waals surface area contributed by atoms with Gasteiger partial charge >= 0.3 is 11.9 Å². The van der Waals surface area contributed by atoms with Gasteiger partial charge in [0.15, 0.2) is 0 Å². The van der Waals surface area contributed by atoms with E-state index < -0.39 is 11.9 Å². The van der Waals surface area contributed by atoms with E-state index >= 15 is 0 Å². The van der Waals surface area contributed by atoms with Crippen molar-refractivity contribution in [3.63, 3.8) is 0 Å². The molecule has 0 aliphatic rings. The van der Waals surface area contributed by atoms with Crippen molar-refractivity contribution in [1.29, 1.82) is 0 Å². The average Bonchev–Trinajstić information content (AvgIpc) is 2.88. The molecular weight excluding hydrogens is 310 g/mol. The lowest BCUT2D eigenvalue weighted by Crippen LogP contribution is -2.22. The average molecular weight is 325 g/mol. The van der Waals surface area contributed by atoms with Gasteiger partial charge in [-0.2, -0.15) is 0 Å². The third-order valence-electron chi connectivity index (χ3n) is 3.61. The maximum absolute atomic E-state index is 12.0. The molecule has 0 amide bonds. The van der Waals surface area contributed by atoms with E-state index in [-0.39, 0.29) is 18.3 Å². The van der Waals surface area contributed by atoms with Crippen LogP contribution in [0.15, 0.2) is 42.5 Å². The summed E-state index contributed by atoms with van der Waals surface area (Å²) in [5.74, 6) is -2.13. The number of hydrogen-bond donors (Lipinski definition) is 0. The summed E-state index contributed by atoms with van der Waals surface area (Å²) in [6, 6.07) is 12.4. The first-order valence-electron chi connectivity index (χ1n) is 7.46. The minimum Gasteiger partial charge on any atom is -0.458 e. The van der Waals surface area contributed by atoms with Crippen LogP contribution in [0.3, 0.4) is 0 Å². The smallest absolute Gasteiger partial charge is 0.422 e. The van der Waals surface area contributed by atoms with Crippen molar-refractivity contribution < 1.29 is 23.9 Å². The first-order valence-corrected chi connectivity index (χ1v) is 7.46. The van der Waals surface area contributed by atoms with Gasteiger partial charge in [0, 0.05) is 23.8 Å². The quantitative estimate of drug-likeness (QED) is 0.411. The van der Waals surface area contributed by atoms with Crippen LogP contribution in [0.4, 0.5) is 0 Å². The minimum atomic E-state index is -1.10. The fraction of sp³-hybridized carbons (Fsp3) is 0.167. The molecule has 1 aromatic heterocycles. The standard InChI is InChI=1S/C18H15NO5/c1-3-23-17(21)18(22)24-12-8-9-14-13-6-4-5-7-15(13)19(11(2)20)16(14)10-12/h4-10H,3H2,1-2H3. The van der Waals surface area contributed by atoms with Gasteiger partial charge in [0.1, 0.15) is 5.75 Å². The SMILES string of the molecule is CCOC(=O)C(=O)Oc1ccc2c3ccccc3n(C(C)=O)c2c1. The van der Waals surface area contributed by atoms with Crippen LogP contribution in [-0.4, -0.2) is 29.0 Å². The lowest BCUT2D eigenvalue weighted by atomic mass is 10.1. The van der Waals surface area contributed by atoms with Gasteiger partial charge in [-0.05, 0) is 25.1 Å². The molecule has 2 aromatic carbocycles. The van der Waals surface area contributed by atoms with Crippen molar-refractivity contribution in [2.45, 2.75) is 13.8 Å². The highest BCUT2D eigenvalue weighted by atomic mass is 16.6. The zero-order valence-electron chi connectivity index (χ0n) is 13.2. The van der Waals surface area contributed by atoms with Gasteiger partial charge in [-0.3, -0.25) is 9.36 Å². The molecule has 0 aliphatic carbocycles. The third-order valence-corrected chi connectivity index (χ3v) is 3.61. The maximum atomic E-state index is 12.0. The minimum absolute atomic E-state index is 0.0888. The van der Waals surface area contributed by atoms with Gasteiger partial charge in [0.05, 0.1) is 17.6 Å². The number of benzene rings is 2. The highest BCUT2D eigenvalue weighted by Gasteiger charge is 2.19. The number of hydrogen-bond acceptors (Lipinski definition) is 5. The van der Waals surface area contributed by atoms with Crippen LogP contribution in [0.25, 0.3) is 21.8 Å². The largest absolute Gasteiger partial charge is 0.458 e. The van der Waals surface area contributed by atoms with Crippen molar-refractivity contribution in [2.75, 3.05) is 6.61 Å². The molecule has 3 rings (SSSR count). The van der Waals surface area contributed by atoms with E-state index in [0.29, 0.717) is 5.52 Å². The van der Waals surface area contributed by atoms with E-state index in [0.717, 1.165) is 16.3 Å². The lowest BCUT2D eigenvalue weighted by molar-refractivity contribution is -0.161. The number of ether oxygens (including phenoxy) is 2. The number of aromatic nitrogens is 1. The summed E-state index contributed by atoms with van der Waals surface area (Å²) in [7, 11) is 0. The zero-order valence-corrected chi connectivity index (χ0v) is 13.2. The molecule has 3 aromatic rings. The Hall–Kier alpha value is -3.15. The van der Waals surface area contributed by atoms with Gasteiger partial charge in [-0.25, -0.2) is 9.59 Å². The van der Waals surface area contributed by atoms with Gasteiger partial charge in [-0.15, -0.1) is 0 Å². The summed E-state index contributed by atoms with van der Waals surface area (Å²) in [6.07, 6.45) is 0. The van der Waals surface area contributed by atoms with Crippen molar-refractivity contribution in [3.05, 3.63) is 42.5 Å². The van der Waals surface area contributed by atoms with E-state index in [2.05, 4.69) is 4.74 Å². The van der Waals surface area contributed by atoms with Crippen molar-refractivity contribution in [1.82, 2.24) is 4.57 Å². The molecular formula is C18H15NO5. The van der Waals surface area contributed by atoms with Crippen molar-refractivity contribution in [3.8, 4) is 5.75 Å². The van der Waals surface area contributed by atoms with Gasteiger partial charge in [-0.1, -0.05) is 18.2 Å². The van der Waals surface area contributed by atoms with Crippen LogP contribution in [0.5, 0.6) is 5.75 Å². The van der Waals surface area contributed by atoms with Crippen LogP contribution < -0.4 is 4.74 Å². The molecule has 0 aliphatic heterocycles. The molecule has 0 bridgehead atoms. The first kappa shape index (κ1) is 15.7. The number of rotatable bonds is 2.